The SMILES string of the molecule is CCC(=O)N1c2ccccc2NC2=C[C@@H](c3ccc(OC)cc3)CC(=O)[C@@H]2[C@@H]1c1ccccc1. The van der Waals surface area contributed by atoms with E-state index in [1.54, 1.807) is 7.11 Å². The van der Waals surface area contributed by atoms with Crippen molar-refractivity contribution >= 4 is 23.1 Å². The number of amides is 1. The maximum atomic E-state index is 13.8. The quantitative estimate of drug-likeness (QED) is 0.539. The summed E-state index contributed by atoms with van der Waals surface area (Å²) in [5, 5.41) is 3.54. The molecule has 0 spiro atoms. The minimum Gasteiger partial charge on any atom is -0.497 e. The molecule has 0 fully saturated rings. The lowest BCUT2D eigenvalue weighted by molar-refractivity contribution is -0.123. The zero-order chi connectivity index (χ0) is 23.7. The van der Waals surface area contributed by atoms with Gasteiger partial charge in [0.2, 0.25) is 5.91 Å². The summed E-state index contributed by atoms with van der Waals surface area (Å²) < 4.78 is 5.29. The van der Waals surface area contributed by atoms with Gasteiger partial charge >= 0.3 is 0 Å². The molecule has 0 saturated carbocycles. The maximum Gasteiger partial charge on any atom is 0.227 e. The molecule has 1 amide bonds. The van der Waals surface area contributed by atoms with Crippen molar-refractivity contribution in [1.29, 1.82) is 0 Å². The molecular formula is C29H28N2O3. The second kappa shape index (κ2) is 9.18. The molecule has 2 aliphatic rings. The van der Waals surface area contributed by atoms with E-state index in [1.165, 1.54) is 0 Å². The first-order valence-electron chi connectivity index (χ1n) is 11.7. The number of hydrogen-bond donors (Lipinski definition) is 1. The summed E-state index contributed by atoms with van der Waals surface area (Å²) in [5.41, 5.74) is 4.51. The van der Waals surface area contributed by atoms with Crippen LogP contribution in [0, 0.1) is 5.92 Å². The van der Waals surface area contributed by atoms with E-state index in [-0.39, 0.29) is 17.6 Å². The van der Waals surface area contributed by atoms with E-state index in [4.69, 9.17) is 4.74 Å². The Bertz CT molecular complexity index is 1230. The zero-order valence-corrected chi connectivity index (χ0v) is 19.4. The van der Waals surface area contributed by atoms with E-state index in [2.05, 4.69) is 11.4 Å². The third-order valence-corrected chi connectivity index (χ3v) is 6.78. The molecule has 0 radical (unpaired) electrons. The van der Waals surface area contributed by atoms with Crippen LogP contribution in [-0.4, -0.2) is 18.8 Å². The van der Waals surface area contributed by atoms with Gasteiger partial charge in [0, 0.05) is 24.5 Å². The molecular weight excluding hydrogens is 424 g/mol. The molecule has 5 heteroatoms. The van der Waals surface area contributed by atoms with Gasteiger partial charge in [0.1, 0.15) is 11.5 Å². The number of carbonyl (C=O) groups is 2. The van der Waals surface area contributed by atoms with E-state index < -0.39 is 12.0 Å². The van der Waals surface area contributed by atoms with Crippen LogP contribution in [-0.2, 0) is 9.59 Å². The average Bonchev–Trinajstić information content (AvgIpc) is 3.03. The van der Waals surface area contributed by atoms with Gasteiger partial charge in [-0.1, -0.05) is 67.6 Å². The second-order valence-electron chi connectivity index (χ2n) is 8.76. The van der Waals surface area contributed by atoms with Gasteiger partial charge in [0.25, 0.3) is 0 Å². The van der Waals surface area contributed by atoms with Crippen LogP contribution < -0.4 is 15.0 Å². The number of nitrogens with zero attached hydrogens (tertiary/aromatic N) is 1. The monoisotopic (exact) mass is 452 g/mol. The molecule has 0 unspecified atom stereocenters. The average molecular weight is 453 g/mol. The number of nitrogens with one attached hydrogen (secondary N) is 1. The van der Waals surface area contributed by atoms with Crippen LogP contribution in [0.1, 0.15) is 42.9 Å². The Kier molecular flexibility index (Phi) is 5.93. The second-order valence-corrected chi connectivity index (χ2v) is 8.76. The van der Waals surface area contributed by atoms with Crippen LogP contribution in [0.4, 0.5) is 11.4 Å². The van der Waals surface area contributed by atoms with Crippen LogP contribution >= 0.6 is 0 Å². The highest BCUT2D eigenvalue weighted by Gasteiger charge is 2.44. The van der Waals surface area contributed by atoms with Gasteiger partial charge in [-0.05, 0) is 35.4 Å². The van der Waals surface area contributed by atoms with E-state index in [0.717, 1.165) is 33.9 Å². The Hall–Kier alpha value is -3.86. The van der Waals surface area contributed by atoms with Gasteiger partial charge in [-0.15, -0.1) is 0 Å². The summed E-state index contributed by atoms with van der Waals surface area (Å²) in [6.45, 7) is 1.87. The smallest absolute Gasteiger partial charge is 0.227 e. The maximum absolute atomic E-state index is 13.8. The highest BCUT2D eigenvalue weighted by molar-refractivity contribution is 6.01. The molecule has 1 heterocycles. The molecule has 3 aromatic carbocycles. The third-order valence-electron chi connectivity index (χ3n) is 6.78. The highest BCUT2D eigenvalue weighted by atomic mass is 16.5. The van der Waals surface area contributed by atoms with Crippen molar-refractivity contribution in [2.24, 2.45) is 5.92 Å². The molecule has 172 valence electrons. The fraction of sp³-hybridized carbons (Fsp3) is 0.241. The molecule has 0 aromatic heterocycles. The minimum atomic E-state index is -0.472. The molecule has 1 N–H and O–H groups in total. The van der Waals surface area contributed by atoms with Crippen LogP contribution in [0.3, 0.4) is 0 Å². The van der Waals surface area contributed by atoms with Crippen molar-refractivity contribution < 1.29 is 14.3 Å². The number of ketones is 1. The van der Waals surface area contributed by atoms with Crippen LogP contribution in [0.2, 0.25) is 0 Å². The summed E-state index contributed by atoms with van der Waals surface area (Å²) >= 11 is 0. The lowest BCUT2D eigenvalue weighted by Gasteiger charge is -2.37. The van der Waals surface area contributed by atoms with Crippen molar-refractivity contribution in [3.8, 4) is 5.75 Å². The van der Waals surface area contributed by atoms with Crippen LogP contribution in [0.15, 0.2) is 90.6 Å². The predicted molar refractivity (Wildman–Crippen MR) is 134 cm³/mol. The van der Waals surface area contributed by atoms with Crippen LogP contribution in [0.5, 0.6) is 5.75 Å². The normalized spacial score (nSPS) is 21.5. The van der Waals surface area contributed by atoms with Gasteiger partial charge in [-0.25, -0.2) is 0 Å². The molecule has 5 nitrogen and oxygen atoms in total. The highest BCUT2D eigenvalue weighted by Crippen LogP contribution is 2.48. The Morgan fingerprint density at radius 3 is 2.38 bits per heavy atom. The molecule has 3 atom stereocenters. The van der Waals surface area contributed by atoms with Crippen molar-refractivity contribution in [3.63, 3.8) is 0 Å². The molecule has 0 saturated heterocycles. The molecule has 3 aromatic rings. The lowest BCUT2D eigenvalue weighted by atomic mass is 9.76. The number of hydrogen-bond acceptors (Lipinski definition) is 4. The van der Waals surface area contributed by atoms with Gasteiger partial charge in [-0.3, -0.25) is 9.59 Å². The standard InChI is InChI=1S/C29H28N2O3/c1-3-27(33)31-25-12-8-7-11-23(25)30-24-17-21(19-13-15-22(34-2)16-14-19)18-26(32)28(24)29(31)20-9-5-4-6-10-20/h4-17,21,28-30H,3,18H2,1-2H3/t21-,28-,29+/m1/s1. The number of benzene rings is 3. The van der Waals surface area contributed by atoms with E-state index >= 15 is 0 Å². The zero-order valence-electron chi connectivity index (χ0n) is 19.4. The first kappa shape index (κ1) is 22.0. The van der Waals surface area contributed by atoms with Gasteiger partial charge < -0.3 is 15.0 Å². The number of rotatable bonds is 4. The van der Waals surface area contributed by atoms with Crippen molar-refractivity contribution in [2.45, 2.75) is 31.7 Å². The molecule has 0 bridgehead atoms. The Morgan fingerprint density at radius 1 is 0.971 bits per heavy atom. The third kappa shape index (κ3) is 3.87. The van der Waals surface area contributed by atoms with Crippen molar-refractivity contribution in [2.75, 3.05) is 17.3 Å². The molecule has 1 aliphatic heterocycles. The number of methoxy groups -OCH3 is 1. The summed E-state index contributed by atoms with van der Waals surface area (Å²) in [5.74, 6) is 0.389. The number of fused-ring (bicyclic) bond motifs is 2. The van der Waals surface area contributed by atoms with Gasteiger partial charge in [0.05, 0.1) is 30.4 Å². The van der Waals surface area contributed by atoms with Crippen molar-refractivity contribution in [3.05, 3.63) is 102 Å². The fourth-order valence-electron chi connectivity index (χ4n) is 5.12. The number of para-hydroxylation sites is 2. The van der Waals surface area contributed by atoms with E-state index in [1.807, 2.05) is 90.7 Å². The largest absolute Gasteiger partial charge is 0.497 e. The minimum absolute atomic E-state index is 0.00516. The number of Topliss-reactive ketones (excluding diaryl/α,β-unsaturated/α-hetero) is 1. The lowest BCUT2D eigenvalue weighted by Crippen LogP contribution is -2.42. The van der Waals surface area contributed by atoms with Crippen molar-refractivity contribution in [1.82, 2.24) is 0 Å². The summed E-state index contributed by atoms with van der Waals surface area (Å²) in [6, 6.07) is 25.2. The number of ether oxygens (including phenoxy) is 1. The number of allylic oxidation sites excluding steroid dienone is 1. The molecule has 34 heavy (non-hydrogen) atoms. The first-order chi connectivity index (χ1) is 16.6. The predicted octanol–water partition coefficient (Wildman–Crippen LogP) is 5.86. The molecule has 1 aliphatic carbocycles. The summed E-state index contributed by atoms with van der Waals surface area (Å²) in [4.78, 5) is 29.0. The Balaban J connectivity index is 1.67. The number of carbonyl (C=O) groups excluding carboxylic acids is 2. The number of anilines is 2. The van der Waals surface area contributed by atoms with E-state index in [0.29, 0.717) is 12.8 Å². The Labute approximate surface area is 200 Å². The topological polar surface area (TPSA) is 58.6 Å². The summed E-state index contributed by atoms with van der Waals surface area (Å²) in [6.07, 6.45) is 2.91. The fourth-order valence-corrected chi connectivity index (χ4v) is 5.12. The Morgan fingerprint density at radius 2 is 1.68 bits per heavy atom. The van der Waals surface area contributed by atoms with Crippen LogP contribution in [0.25, 0.3) is 0 Å². The summed E-state index contributed by atoms with van der Waals surface area (Å²) in [7, 11) is 1.64. The van der Waals surface area contributed by atoms with E-state index in [9.17, 15) is 9.59 Å². The van der Waals surface area contributed by atoms with Gasteiger partial charge in [0.15, 0.2) is 0 Å². The van der Waals surface area contributed by atoms with Gasteiger partial charge in [-0.2, -0.15) is 0 Å². The molecule has 5 rings (SSSR count). The first-order valence-corrected chi connectivity index (χ1v) is 11.7.